The average Bonchev–Trinajstić information content (AvgIpc) is 3.14. The van der Waals surface area contributed by atoms with Crippen molar-refractivity contribution in [3.8, 4) is 0 Å². The van der Waals surface area contributed by atoms with Crippen molar-refractivity contribution in [3.63, 3.8) is 0 Å². The van der Waals surface area contributed by atoms with Gasteiger partial charge in [-0.15, -0.1) is 24.0 Å². The van der Waals surface area contributed by atoms with Crippen LogP contribution >= 0.6 is 24.0 Å². The molecule has 0 radical (unpaired) electrons. The van der Waals surface area contributed by atoms with Gasteiger partial charge in [-0.1, -0.05) is 13.8 Å². The van der Waals surface area contributed by atoms with E-state index in [1.54, 1.807) is 0 Å². The smallest absolute Gasteiger partial charge is 0.191 e. The quantitative estimate of drug-likeness (QED) is 0.247. The summed E-state index contributed by atoms with van der Waals surface area (Å²) < 4.78 is 4.24. The minimum Gasteiger partial charge on any atom is -0.357 e. The minimum atomic E-state index is 0. The predicted molar refractivity (Wildman–Crippen MR) is 122 cm³/mol. The molecule has 8 heteroatoms. The third-order valence-electron chi connectivity index (χ3n) is 4.03. The highest BCUT2D eigenvalue weighted by Gasteiger charge is 2.05. The fraction of sp³-hybridized carbons (Fsp3) is 0.632. The van der Waals surface area contributed by atoms with Gasteiger partial charge in [0.05, 0.1) is 5.69 Å². The van der Waals surface area contributed by atoms with Crippen LogP contribution in [0.3, 0.4) is 0 Å². The van der Waals surface area contributed by atoms with Crippen LogP contribution in [0.1, 0.15) is 44.4 Å². The number of hydrogen-bond donors (Lipinski definition) is 2. The van der Waals surface area contributed by atoms with E-state index < -0.39 is 0 Å². The second-order valence-corrected chi connectivity index (χ2v) is 7.02. The van der Waals surface area contributed by atoms with Crippen molar-refractivity contribution in [2.24, 2.45) is 10.9 Å². The highest BCUT2D eigenvalue weighted by Crippen LogP contribution is 2.05. The summed E-state index contributed by atoms with van der Waals surface area (Å²) in [6, 6.07) is 2.11. The number of aromatic nitrogens is 4. The van der Waals surface area contributed by atoms with E-state index in [2.05, 4.69) is 68.7 Å². The second-order valence-electron chi connectivity index (χ2n) is 7.02. The number of hydrogen-bond acceptors (Lipinski definition) is 3. The molecule has 0 aliphatic rings. The lowest BCUT2D eigenvalue weighted by atomic mass is 10.2. The Morgan fingerprint density at radius 3 is 2.67 bits per heavy atom. The summed E-state index contributed by atoms with van der Waals surface area (Å²) in [5, 5.41) is 11.2. The van der Waals surface area contributed by atoms with Gasteiger partial charge < -0.3 is 15.2 Å². The highest BCUT2D eigenvalue weighted by molar-refractivity contribution is 14.0. The maximum absolute atomic E-state index is 4.68. The molecule has 0 spiro atoms. The summed E-state index contributed by atoms with van der Waals surface area (Å²) in [4.78, 5) is 9.12. The number of guanidine groups is 1. The van der Waals surface area contributed by atoms with Crippen LogP contribution in [0.2, 0.25) is 0 Å². The molecule has 2 aromatic rings. The van der Waals surface area contributed by atoms with Crippen LogP contribution < -0.4 is 10.6 Å². The molecule has 0 bridgehead atoms. The van der Waals surface area contributed by atoms with Gasteiger partial charge in [-0.25, -0.2) is 9.98 Å². The molecule has 0 unspecified atom stereocenters. The van der Waals surface area contributed by atoms with Crippen molar-refractivity contribution < 1.29 is 0 Å². The maximum Gasteiger partial charge on any atom is 0.191 e. The van der Waals surface area contributed by atoms with Crippen LogP contribution in [-0.2, 0) is 19.6 Å². The van der Waals surface area contributed by atoms with Crippen LogP contribution in [0.25, 0.3) is 0 Å². The lowest BCUT2D eigenvalue weighted by Gasteiger charge is -2.13. The molecular weight excluding hydrogens is 453 g/mol. The maximum atomic E-state index is 4.68. The first kappa shape index (κ1) is 23.5. The predicted octanol–water partition coefficient (Wildman–Crippen LogP) is 3.12. The Morgan fingerprint density at radius 1 is 1.26 bits per heavy atom. The van der Waals surface area contributed by atoms with E-state index >= 15 is 0 Å². The monoisotopic (exact) mass is 487 g/mol. The number of halogens is 1. The molecule has 0 amide bonds. The Kier molecular flexibility index (Phi) is 10.4. The zero-order valence-electron chi connectivity index (χ0n) is 17.2. The standard InChI is InChI=1S/C19H33N7.HI/c1-6-20-19(22-8-7-10-26-17(5)12-16(4)24-26)23-13-18-21-9-11-25(18)14-15(2)3;/h9,11-12,15H,6-8,10,13-14H2,1-5H3,(H2,20,22,23);1H. The molecule has 152 valence electrons. The van der Waals surface area contributed by atoms with Crippen molar-refractivity contribution in [1.82, 2.24) is 30.0 Å². The molecule has 0 saturated heterocycles. The van der Waals surface area contributed by atoms with E-state index in [1.807, 2.05) is 19.3 Å². The number of nitrogens with one attached hydrogen (secondary N) is 2. The molecule has 0 aliphatic carbocycles. The number of rotatable bonds is 9. The average molecular weight is 487 g/mol. The number of aryl methyl sites for hydroxylation is 3. The largest absolute Gasteiger partial charge is 0.357 e. The van der Waals surface area contributed by atoms with Gasteiger partial charge in [0.1, 0.15) is 12.4 Å². The summed E-state index contributed by atoms with van der Waals surface area (Å²) in [5.74, 6) is 2.42. The SMILES string of the molecule is CCNC(=NCc1nccn1CC(C)C)NCCCn1nc(C)cc1C.I. The molecule has 0 saturated carbocycles. The first-order valence-corrected chi connectivity index (χ1v) is 9.52. The molecular formula is C19H34IN7. The normalized spacial score (nSPS) is 11.6. The molecule has 2 N–H and O–H groups in total. The molecule has 2 heterocycles. The summed E-state index contributed by atoms with van der Waals surface area (Å²) >= 11 is 0. The Balaban J connectivity index is 0.00000364. The molecule has 2 aromatic heterocycles. The molecule has 0 fully saturated rings. The van der Waals surface area contributed by atoms with Crippen molar-refractivity contribution in [2.75, 3.05) is 13.1 Å². The minimum absolute atomic E-state index is 0. The summed E-state index contributed by atoms with van der Waals surface area (Å²) in [5.41, 5.74) is 2.28. The Morgan fingerprint density at radius 2 is 2.04 bits per heavy atom. The van der Waals surface area contributed by atoms with Crippen molar-refractivity contribution >= 4 is 29.9 Å². The van der Waals surface area contributed by atoms with Gasteiger partial charge in [-0.05, 0) is 39.2 Å². The van der Waals surface area contributed by atoms with E-state index in [-0.39, 0.29) is 24.0 Å². The first-order chi connectivity index (χ1) is 12.5. The highest BCUT2D eigenvalue weighted by atomic mass is 127. The third kappa shape index (κ3) is 7.90. The van der Waals surface area contributed by atoms with Gasteiger partial charge in [0.15, 0.2) is 5.96 Å². The zero-order chi connectivity index (χ0) is 18.9. The van der Waals surface area contributed by atoms with Crippen molar-refractivity contribution in [1.29, 1.82) is 0 Å². The molecule has 2 rings (SSSR count). The van der Waals surface area contributed by atoms with E-state index in [0.717, 1.165) is 50.1 Å². The van der Waals surface area contributed by atoms with E-state index in [0.29, 0.717) is 12.5 Å². The van der Waals surface area contributed by atoms with Gasteiger partial charge in [0.2, 0.25) is 0 Å². The van der Waals surface area contributed by atoms with Gasteiger partial charge >= 0.3 is 0 Å². The fourth-order valence-corrected chi connectivity index (χ4v) is 2.88. The Bertz CT molecular complexity index is 703. The number of aliphatic imine (C=N–C) groups is 1. The van der Waals surface area contributed by atoms with Crippen LogP contribution in [-0.4, -0.2) is 38.4 Å². The van der Waals surface area contributed by atoms with Crippen molar-refractivity contribution in [2.45, 2.75) is 60.7 Å². The van der Waals surface area contributed by atoms with Crippen LogP contribution in [0.5, 0.6) is 0 Å². The van der Waals surface area contributed by atoms with Gasteiger partial charge in [0, 0.05) is 44.3 Å². The third-order valence-corrected chi connectivity index (χ3v) is 4.03. The summed E-state index contributed by atoms with van der Waals surface area (Å²) in [6.07, 6.45) is 4.87. The number of nitrogens with zero attached hydrogens (tertiary/aromatic N) is 5. The fourth-order valence-electron chi connectivity index (χ4n) is 2.88. The lowest BCUT2D eigenvalue weighted by Crippen LogP contribution is -2.38. The second kappa shape index (κ2) is 12.0. The van der Waals surface area contributed by atoms with Gasteiger partial charge in [-0.2, -0.15) is 5.10 Å². The van der Waals surface area contributed by atoms with Crippen LogP contribution in [0.4, 0.5) is 0 Å². The van der Waals surface area contributed by atoms with E-state index in [4.69, 9.17) is 0 Å². The van der Waals surface area contributed by atoms with Crippen LogP contribution in [0.15, 0.2) is 23.5 Å². The molecule has 7 nitrogen and oxygen atoms in total. The Labute approximate surface area is 180 Å². The van der Waals surface area contributed by atoms with E-state index in [9.17, 15) is 0 Å². The van der Waals surface area contributed by atoms with Gasteiger partial charge in [0.25, 0.3) is 0 Å². The summed E-state index contributed by atoms with van der Waals surface area (Å²) in [6.45, 7) is 14.8. The lowest BCUT2D eigenvalue weighted by molar-refractivity contribution is 0.507. The summed E-state index contributed by atoms with van der Waals surface area (Å²) in [7, 11) is 0. The zero-order valence-corrected chi connectivity index (χ0v) is 19.5. The molecule has 0 aliphatic heterocycles. The van der Waals surface area contributed by atoms with E-state index in [1.165, 1.54) is 5.69 Å². The topological polar surface area (TPSA) is 72.1 Å². The van der Waals surface area contributed by atoms with Crippen molar-refractivity contribution in [3.05, 3.63) is 35.7 Å². The molecule has 27 heavy (non-hydrogen) atoms. The molecule has 0 aromatic carbocycles. The molecule has 0 atom stereocenters. The first-order valence-electron chi connectivity index (χ1n) is 9.52. The number of imidazole rings is 1. The Hall–Kier alpha value is -1.58. The van der Waals surface area contributed by atoms with Crippen LogP contribution in [0, 0.1) is 19.8 Å². The van der Waals surface area contributed by atoms with Gasteiger partial charge in [-0.3, -0.25) is 4.68 Å².